The zero-order valence-corrected chi connectivity index (χ0v) is 17.5. The van der Waals surface area contributed by atoms with Crippen LogP contribution in [-0.4, -0.2) is 27.0 Å². The fourth-order valence-electron chi connectivity index (χ4n) is 3.79. The summed E-state index contributed by atoms with van der Waals surface area (Å²) in [6.07, 6.45) is -4.25. The van der Waals surface area contributed by atoms with Crippen molar-refractivity contribution in [1.82, 2.24) is 9.78 Å². The summed E-state index contributed by atoms with van der Waals surface area (Å²) in [7, 11) is 0. The van der Waals surface area contributed by atoms with Gasteiger partial charge in [0.2, 0.25) is 0 Å². The minimum absolute atomic E-state index is 0.0238. The number of aromatic nitrogens is 2. The smallest absolute Gasteiger partial charge is 0.389 e. The van der Waals surface area contributed by atoms with Crippen molar-refractivity contribution in [3.8, 4) is 0 Å². The fraction of sp³-hybridized carbons (Fsp3) is 0.304. The Bertz CT molecular complexity index is 1110. The summed E-state index contributed by atoms with van der Waals surface area (Å²) >= 11 is 0. The Morgan fingerprint density at radius 2 is 1.84 bits per heavy atom. The summed E-state index contributed by atoms with van der Waals surface area (Å²) in [5, 5.41) is 19.3. The van der Waals surface area contributed by atoms with Crippen LogP contribution in [0, 0.1) is 6.92 Å². The van der Waals surface area contributed by atoms with Gasteiger partial charge in [0.15, 0.2) is 6.04 Å². The summed E-state index contributed by atoms with van der Waals surface area (Å²) < 4.78 is 42.3. The van der Waals surface area contributed by atoms with Crippen LogP contribution in [0.3, 0.4) is 0 Å². The molecule has 168 valence electrons. The number of hydrogen-bond donors (Lipinski definition) is 3. The largest absolute Gasteiger partial charge is 0.410 e. The fourth-order valence-corrected chi connectivity index (χ4v) is 3.79. The lowest BCUT2D eigenvalue weighted by molar-refractivity contribution is -0.173. The molecule has 2 aromatic carbocycles. The van der Waals surface area contributed by atoms with Gasteiger partial charge in [-0.1, -0.05) is 42.0 Å². The summed E-state index contributed by atoms with van der Waals surface area (Å²) in [4.78, 5) is 12.9. The third-order valence-corrected chi connectivity index (χ3v) is 5.61. The monoisotopic (exact) mass is 444 g/mol. The van der Waals surface area contributed by atoms with Crippen LogP contribution in [0.2, 0.25) is 0 Å². The molecule has 3 aromatic rings. The van der Waals surface area contributed by atoms with Crippen LogP contribution in [0.1, 0.15) is 58.6 Å². The predicted molar refractivity (Wildman–Crippen MR) is 115 cm³/mol. The zero-order valence-electron chi connectivity index (χ0n) is 17.5. The van der Waals surface area contributed by atoms with Crippen LogP contribution in [0.5, 0.6) is 0 Å². The molecule has 9 heteroatoms. The van der Waals surface area contributed by atoms with Crippen molar-refractivity contribution in [3.63, 3.8) is 0 Å². The highest BCUT2D eigenvalue weighted by atomic mass is 19.4. The van der Waals surface area contributed by atoms with Crippen LogP contribution in [0.25, 0.3) is 0 Å². The molecule has 0 aliphatic carbocycles. The lowest BCUT2D eigenvalue weighted by atomic mass is 9.96. The van der Waals surface area contributed by atoms with E-state index >= 15 is 0 Å². The van der Waals surface area contributed by atoms with Gasteiger partial charge in [-0.15, -0.1) is 0 Å². The highest BCUT2D eigenvalue weighted by Crippen LogP contribution is 2.44. The Balaban J connectivity index is 1.64. The van der Waals surface area contributed by atoms with Crippen molar-refractivity contribution in [2.24, 2.45) is 0 Å². The number of aryl methyl sites for hydroxylation is 1. The lowest BCUT2D eigenvalue weighted by Crippen LogP contribution is -2.36. The van der Waals surface area contributed by atoms with Crippen LogP contribution < -0.4 is 10.6 Å². The number of halogens is 3. The van der Waals surface area contributed by atoms with Gasteiger partial charge in [0.25, 0.3) is 5.91 Å². The molecular weight excluding hydrogens is 421 g/mol. The number of rotatable bonds is 4. The van der Waals surface area contributed by atoms with E-state index in [1.54, 1.807) is 43.3 Å². The first kappa shape index (κ1) is 21.9. The van der Waals surface area contributed by atoms with Crippen molar-refractivity contribution in [1.29, 1.82) is 0 Å². The number of hydrogen-bond acceptors (Lipinski definition) is 4. The van der Waals surface area contributed by atoms with E-state index in [1.165, 1.54) is 0 Å². The Morgan fingerprint density at radius 3 is 2.44 bits per heavy atom. The van der Waals surface area contributed by atoms with E-state index in [0.717, 1.165) is 16.4 Å². The minimum Gasteiger partial charge on any atom is -0.389 e. The van der Waals surface area contributed by atoms with Crippen molar-refractivity contribution in [2.45, 2.75) is 44.6 Å². The number of fused-ring (bicyclic) bond motifs is 1. The van der Waals surface area contributed by atoms with Crippen molar-refractivity contribution < 1.29 is 23.1 Å². The molecule has 1 amide bonds. The first-order valence-corrected chi connectivity index (χ1v) is 10.2. The maximum absolute atomic E-state index is 13.8. The lowest BCUT2D eigenvalue weighted by Gasteiger charge is -2.34. The number of carbonyl (C=O) groups is 1. The Morgan fingerprint density at radius 1 is 1.19 bits per heavy atom. The molecule has 2 heterocycles. The zero-order chi connectivity index (χ0) is 23.0. The van der Waals surface area contributed by atoms with E-state index in [-0.39, 0.29) is 17.8 Å². The van der Waals surface area contributed by atoms with Crippen LogP contribution >= 0.6 is 0 Å². The second-order valence-corrected chi connectivity index (χ2v) is 8.00. The molecule has 4 rings (SSSR count). The standard InChI is InChI=1S/C23H23F3N4O2/c1-13-3-5-16(6-4-13)19-11-20(23(24,25)26)30-21(29-19)18(12-27-30)22(32)28-17-9-7-15(8-10-17)14(2)31/h3-10,12,14,19-20,29,31H,11H2,1-2H3,(H,28,32)/t14-,19+,20+/m1/s1. The molecule has 6 nitrogen and oxygen atoms in total. The number of anilines is 2. The highest BCUT2D eigenvalue weighted by molar-refractivity contribution is 6.07. The molecule has 0 unspecified atom stereocenters. The third kappa shape index (κ3) is 4.34. The second-order valence-electron chi connectivity index (χ2n) is 8.00. The number of alkyl halides is 3. The Kier molecular flexibility index (Phi) is 5.68. The van der Waals surface area contributed by atoms with E-state index in [9.17, 15) is 23.1 Å². The number of aliphatic hydroxyl groups excluding tert-OH is 1. The van der Waals surface area contributed by atoms with Gasteiger partial charge in [0.05, 0.1) is 18.3 Å². The second kappa shape index (κ2) is 8.31. The number of amides is 1. The molecule has 3 atom stereocenters. The van der Waals surface area contributed by atoms with Crippen molar-refractivity contribution in [3.05, 3.63) is 77.0 Å². The van der Waals surface area contributed by atoms with Gasteiger partial charge >= 0.3 is 6.18 Å². The van der Waals surface area contributed by atoms with Crippen molar-refractivity contribution in [2.75, 3.05) is 10.6 Å². The molecular formula is C23H23F3N4O2. The van der Waals surface area contributed by atoms with Crippen molar-refractivity contribution >= 4 is 17.4 Å². The molecule has 0 fully saturated rings. The predicted octanol–water partition coefficient (Wildman–Crippen LogP) is 5.16. The highest BCUT2D eigenvalue weighted by Gasteiger charge is 2.47. The summed E-state index contributed by atoms with van der Waals surface area (Å²) in [5.74, 6) is -0.545. The Hall–Kier alpha value is -3.33. The van der Waals surface area contributed by atoms with E-state index in [1.807, 2.05) is 19.1 Å². The molecule has 0 spiro atoms. The van der Waals surface area contributed by atoms with Gasteiger partial charge in [0, 0.05) is 12.1 Å². The minimum atomic E-state index is -4.52. The number of nitrogens with zero attached hydrogens (tertiary/aromatic N) is 2. The number of benzene rings is 2. The van der Waals surface area contributed by atoms with E-state index in [2.05, 4.69) is 15.7 Å². The van der Waals surface area contributed by atoms with E-state index < -0.39 is 30.3 Å². The molecule has 1 aliphatic rings. The van der Waals surface area contributed by atoms with E-state index in [4.69, 9.17) is 0 Å². The summed E-state index contributed by atoms with van der Waals surface area (Å²) in [6.45, 7) is 3.53. The van der Waals surface area contributed by atoms with Gasteiger partial charge in [-0.2, -0.15) is 18.3 Å². The van der Waals surface area contributed by atoms with Gasteiger partial charge in [-0.25, -0.2) is 4.68 Å². The van der Waals surface area contributed by atoms with Gasteiger partial charge in [0.1, 0.15) is 11.4 Å². The van der Waals surface area contributed by atoms with E-state index in [0.29, 0.717) is 16.8 Å². The molecule has 0 saturated carbocycles. The molecule has 3 N–H and O–H groups in total. The average molecular weight is 444 g/mol. The normalized spacial score (nSPS) is 19.1. The first-order chi connectivity index (χ1) is 15.1. The van der Waals surface area contributed by atoms with Gasteiger partial charge in [-0.05, 0) is 37.1 Å². The SMILES string of the molecule is Cc1ccc([C@@H]2C[C@@H](C(F)(F)F)n3ncc(C(=O)Nc4ccc([C@@H](C)O)cc4)c3N2)cc1. The summed E-state index contributed by atoms with van der Waals surface area (Å²) in [5.41, 5.74) is 2.87. The summed E-state index contributed by atoms with van der Waals surface area (Å²) in [6, 6.07) is 11.4. The van der Waals surface area contributed by atoms with Gasteiger partial charge < -0.3 is 15.7 Å². The Labute approximate surface area is 183 Å². The number of aliphatic hydroxyl groups is 1. The number of nitrogens with one attached hydrogen (secondary N) is 2. The molecule has 0 saturated heterocycles. The molecule has 1 aromatic heterocycles. The molecule has 32 heavy (non-hydrogen) atoms. The topological polar surface area (TPSA) is 79.2 Å². The first-order valence-electron chi connectivity index (χ1n) is 10.2. The third-order valence-electron chi connectivity index (χ3n) is 5.61. The van der Waals surface area contributed by atoms with Crippen LogP contribution in [0.15, 0.2) is 54.7 Å². The maximum atomic E-state index is 13.8. The maximum Gasteiger partial charge on any atom is 0.410 e. The van der Waals surface area contributed by atoms with Crippen LogP contribution in [0.4, 0.5) is 24.7 Å². The molecule has 1 aliphatic heterocycles. The quantitative estimate of drug-likeness (QED) is 0.520. The number of carbonyl (C=O) groups excluding carboxylic acids is 1. The average Bonchev–Trinajstić information content (AvgIpc) is 3.17. The van der Waals surface area contributed by atoms with Gasteiger partial charge in [-0.3, -0.25) is 4.79 Å². The van der Waals surface area contributed by atoms with Crippen LogP contribution in [-0.2, 0) is 0 Å². The molecule has 0 radical (unpaired) electrons. The molecule has 0 bridgehead atoms.